The van der Waals surface area contributed by atoms with Crippen molar-refractivity contribution in [3.05, 3.63) is 33.6 Å². The highest BCUT2D eigenvalue weighted by Crippen LogP contribution is 2.27. The fourth-order valence-electron chi connectivity index (χ4n) is 2.19. The number of piperazine rings is 1. The van der Waals surface area contributed by atoms with Crippen molar-refractivity contribution in [1.82, 2.24) is 10.2 Å². The third-order valence-electron chi connectivity index (χ3n) is 3.45. The first-order chi connectivity index (χ1) is 8.09. The van der Waals surface area contributed by atoms with Crippen molar-refractivity contribution < 1.29 is 4.39 Å². The Labute approximate surface area is 107 Å². The second-order valence-corrected chi connectivity index (χ2v) is 5.00. The molecule has 0 unspecified atom stereocenters. The molecule has 94 valence electrons. The molecule has 2 rings (SSSR count). The quantitative estimate of drug-likeness (QED) is 0.875. The highest BCUT2D eigenvalue weighted by atomic mass is 35.5. The van der Waals surface area contributed by atoms with E-state index < -0.39 is 0 Å². The number of hydrogen-bond donors (Lipinski definition) is 1. The lowest BCUT2D eigenvalue weighted by Gasteiger charge is -2.28. The minimum absolute atomic E-state index is 0.284. The summed E-state index contributed by atoms with van der Waals surface area (Å²) < 4.78 is 13.6. The lowest BCUT2D eigenvalue weighted by atomic mass is 10.0. The number of nitrogens with one attached hydrogen (secondary N) is 1. The molecule has 0 atom stereocenters. The summed E-state index contributed by atoms with van der Waals surface area (Å²) in [5.41, 5.74) is 3.01. The molecule has 1 aromatic carbocycles. The van der Waals surface area contributed by atoms with Crippen LogP contribution in [-0.4, -0.2) is 31.1 Å². The monoisotopic (exact) mass is 256 g/mol. The first kappa shape index (κ1) is 12.8. The van der Waals surface area contributed by atoms with Crippen molar-refractivity contribution in [3.63, 3.8) is 0 Å². The molecule has 1 saturated heterocycles. The molecule has 1 fully saturated rings. The van der Waals surface area contributed by atoms with E-state index in [9.17, 15) is 4.39 Å². The fraction of sp³-hybridized carbons (Fsp3) is 0.538. The van der Waals surface area contributed by atoms with Crippen LogP contribution in [-0.2, 0) is 6.54 Å². The number of rotatable bonds is 2. The van der Waals surface area contributed by atoms with Gasteiger partial charge in [0, 0.05) is 32.7 Å². The number of halogens is 2. The SMILES string of the molecule is Cc1cc(F)c(Cl)c(CN2CCNCC2)c1C. The van der Waals surface area contributed by atoms with E-state index in [0.29, 0.717) is 0 Å². The zero-order chi connectivity index (χ0) is 12.4. The first-order valence-corrected chi connectivity index (χ1v) is 6.34. The van der Waals surface area contributed by atoms with Crippen LogP contribution in [0.4, 0.5) is 4.39 Å². The molecule has 0 amide bonds. The third kappa shape index (κ3) is 2.79. The molecular weight excluding hydrogens is 239 g/mol. The maximum atomic E-state index is 13.6. The standard InChI is InChI=1S/C13H18ClFN2/c1-9-7-12(15)13(14)11(10(9)2)8-17-5-3-16-4-6-17/h7,16H,3-6,8H2,1-2H3. The number of nitrogens with zero attached hydrogens (tertiary/aromatic N) is 1. The molecular formula is C13H18ClFN2. The molecule has 0 spiro atoms. The van der Waals surface area contributed by atoms with Crippen molar-refractivity contribution in [2.24, 2.45) is 0 Å². The molecule has 0 saturated carbocycles. The molecule has 0 radical (unpaired) electrons. The highest BCUT2D eigenvalue weighted by Gasteiger charge is 2.16. The van der Waals surface area contributed by atoms with Crippen LogP contribution in [0.1, 0.15) is 16.7 Å². The highest BCUT2D eigenvalue weighted by molar-refractivity contribution is 6.31. The van der Waals surface area contributed by atoms with E-state index in [4.69, 9.17) is 11.6 Å². The third-order valence-corrected chi connectivity index (χ3v) is 3.86. The molecule has 17 heavy (non-hydrogen) atoms. The average molecular weight is 257 g/mol. The molecule has 0 bridgehead atoms. The van der Waals surface area contributed by atoms with Gasteiger partial charge >= 0.3 is 0 Å². The van der Waals surface area contributed by atoms with E-state index in [0.717, 1.165) is 49.4 Å². The van der Waals surface area contributed by atoms with Gasteiger partial charge in [0.1, 0.15) is 5.82 Å². The molecule has 1 aliphatic rings. The summed E-state index contributed by atoms with van der Waals surface area (Å²) in [6, 6.07) is 1.51. The van der Waals surface area contributed by atoms with Crippen LogP contribution in [0, 0.1) is 19.7 Å². The Bertz CT molecular complexity index is 388. The Morgan fingerprint density at radius 3 is 2.65 bits per heavy atom. The Balaban J connectivity index is 2.24. The van der Waals surface area contributed by atoms with Gasteiger partial charge in [0.15, 0.2) is 0 Å². The fourth-order valence-corrected chi connectivity index (χ4v) is 2.45. The molecule has 1 N–H and O–H groups in total. The zero-order valence-corrected chi connectivity index (χ0v) is 11.1. The van der Waals surface area contributed by atoms with Gasteiger partial charge in [-0.2, -0.15) is 0 Å². The van der Waals surface area contributed by atoms with E-state index >= 15 is 0 Å². The average Bonchev–Trinajstić information content (AvgIpc) is 2.33. The van der Waals surface area contributed by atoms with Gasteiger partial charge in [-0.05, 0) is 36.6 Å². The molecule has 4 heteroatoms. The van der Waals surface area contributed by atoms with Crippen molar-refractivity contribution in [1.29, 1.82) is 0 Å². The molecule has 1 aliphatic heterocycles. The summed E-state index contributed by atoms with van der Waals surface area (Å²) in [7, 11) is 0. The second kappa shape index (κ2) is 5.34. The lowest BCUT2D eigenvalue weighted by Crippen LogP contribution is -2.43. The predicted octanol–water partition coefficient (Wildman–Crippen LogP) is 2.50. The van der Waals surface area contributed by atoms with Crippen LogP contribution < -0.4 is 5.32 Å². The van der Waals surface area contributed by atoms with Crippen LogP contribution in [0.15, 0.2) is 6.07 Å². The van der Waals surface area contributed by atoms with Gasteiger partial charge in [0.05, 0.1) is 5.02 Å². The van der Waals surface area contributed by atoms with E-state index in [1.54, 1.807) is 0 Å². The van der Waals surface area contributed by atoms with Crippen LogP contribution in [0.3, 0.4) is 0 Å². The van der Waals surface area contributed by atoms with Gasteiger partial charge in [0.2, 0.25) is 0 Å². The minimum Gasteiger partial charge on any atom is -0.314 e. The summed E-state index contributed by atoms with van der Waals surface area (Å²) in [6.45, 7) is 8.64. The predicted molar refractivity (Wildman–Crippen MR) is 69.0 cm³/mol. The summed E-state index contributed by atoms with van der Waals surface area (Å²) >= 11 is 6.07. The van der Waals surface area contributed by atoms with Gasteiger partial charge in [0.25, 0.3) is 0 Å². The van der Waals surface area contributed by atoms with Crippen molar-refractivity contribution >= 4 is 11.6 Å². The van der Waals surface area contributed by atoms with E-state index in [-0.39, 0.29) is 10.8 Å². The Kier molecular flexibility index (Phi) is 4.02. The summed E-state index contributed by atoms with van der Waals surface area (Å²) in [6.07, 6.45) is 0. The van der Waals surface area contributed by atoms with Crippen LogP contribution in [0.25, 0.3) is 0 Å². The Morgan fingerprint density at radius 1 is 1.35 bits per heavy atom. The molecule has 2 nitrogen and oxygen atoms in total. The molecule has 0 aliphatic carbocycles. The smallest absolute Gasteiger partial charge is 0.142 e. The van der Waals surface area contributed by atoms with Crippen molar-refractivity contribution in [2.45, 2.75) is 20.4 Å². The van der Waals surface area contributed by atoms with Crippen molar-refractivity contribution in [2.75, 3.05) is 26.2 Å². The van der Waals surface area contributed by atoms with Gasteiger partial charge < -0.3 is 5.32 Å². The van der Waals surface area contributed by atoms with E-state index in [1.165, 1.54) is 6.07 Å². The zero-order valence-electron chi connectivity index (χ0n) is 10.3. The van der Waals surface area contributed by atoms with Crippen molar-refractivity contribution in [3.8, 4) is 0 Å². The normalized spacial score (nSPS) is 17.4. The topological polar surface area (TPSA) is 15.3 Å². The summed E-state index contributed by atoms with van der Waals surface area (Å²) in [5, 5.41) is 3.59. The Morgan fingerprint density at radius 2 is 2.00 bits per heavy atom. The van der Waals surface area contributed by atoms with E-state index in [1.807, 2.05) is 13.8 Å². The first-order valence-electron chi connectivity index (χ1n) is 5.96. The number of aryl methyl sites for hydroxylation is 1. The Hall–Kier alpha value is -0.640. The summed E-state index contributed by atoms with van der Waals surface area (Å²) in [5.74, 6) is -0.306. The van der Waals surface area contributed by atoms with Crippen LogP contribution in [0.5, 0.6) is 0 Å². The largest absolute Gasteiger partial charge is 0.314 e. The van der Waals surface area contributed by atoms with Gasteiger partial charge in [-0.3, -0.25) is 4.90 Å². The summed E-state index contributed by atoms with van der Waals surface area (Å²) in [4.78, 5) is 2.31. The van der Waals surface area contributed by atoms with E-state index in [2.05, 4.69) is 10.2 Å². The number of hydrogen-bond acceptors (Lipinski definition) is 2. The van der Waals surface area contributed by atoms with Gasteiger partial charge in [-0.15, -0.1) is 0 Å². The van der Waals surface area contributed by atoms with Crippen LogP contribution in [0.2, 0.25) is 5.02 Å². The second-order valence-electron chi connectivity index (χ2n) is 4.62. The maximum absolute atomic E-state index is 13.6. The number of benzene rings is 1. The minimum atomic E-state index is -0.306. The van der Waals surface area contributed by atoms with Gasteiger partial charge in [-0.25, -0.2) is 4.39 Å². The molecule has 0 aromatic heterocycles. The lowest BCUT2D eigenvalue weighted by molar-refractivity contribution is 0.232. The maximum Gasteiger partial charge on any atom is 0.142 e. The van der Waals surface area contributed by atoms with Gasteiger partial charge in [-0.1, -0.05) is 11.6 Å². The molecule has 1 heterocycles. The molecule has 1 aromatic rings. The van der Waals surface area contributed by atoms with Crippen LogP contribution >= 0.6 is 11.6 Å².